The lowest BCUT2D eigenvalue weighted by Gasteiger charge is -2.15. The minimum Gasteiger partial charge on any atom is -0.392 e. The van der Waals surface area contributed by atoms with Crippen molar-refractivity contribution in [3.05, 3.63) is 18.1 Å². The predicted molar refractivity (Wildman–Crippen MR) is 54.9 cm³/mol. The molecule has 15 heavy (non-hydrogen) atoms. The molecule has 0 aliphatic carbocycles. The quantitative estimate of drug-likeness (QED) is 0.612. The van der Waals surface area contributed by atoms with Crippen LogP contribution in [0.4, 0.5) is 5.82 Å². The summed E-state index contributed by atoms with van der Waals surface area (Å²) in [5.41, 5.74) is 5.87. The zero-order valence-corrected chi connectivity index (χ0v) is 8.38. The van der Waals surface area contributed by atoms with E-state index >= 15 is 0 Å². The van der Waals surface area contributed by atoms with E-state index in [1.807, 2.05) is 6.07 Å². The normalized spacial score (nSPS) is 14.0. The summed E-state index contributed by atoms with van der Waals surface area (Å²) in [4.78, 5) is 7.78. The molecule has 6 heteroatoms. The SMILES string of the molecule is CC(O)C(N)CNc1cnc(C#N)cn1. The van der Waals surface area contributed by atoms with Crippen molar-refractivity contribution >= 4 is 5.82 Å². The molecular weight excluding hydrogens is 194 g/mol. The van der Waals surface area contributed by atoms with Crippen molar-refractivity contribution in [2.45, 2.75) is 19.1 Å². The van der Waals surface area contributed by atoms with Crippen LogP contribution in [0.25, 0.3) is 0 Å². The molecular formula is C9H13N5O. The Morgan fingerprint density at radius 2 is 2.33 bits per heavy atom. The molecule has 0 fully saturated rings. The molecule has 1 heterocycles. The molecule has 0 aliphatic rings. The lowest BCUT2D eigenvalue weighted by molar-refractivity contribution is 0.168. The summed E-state index contributed by atoms with van der Waals surface area (Å²) in [6.45, 7) is 2.02. The van der Waals surface area contributed by atoms with Gasteiger partial charge >= 0.3 is 0 Å². The molecule has 0 saturated carbocycles. The molecule has 1 aromatic rings. The summed E-state index contributed by atoms with van der Waals surface area (Å²) in [5.74, 6) is 0.533. The minimum absolute atomic E-state index is 0.264. The Kier molecular flexibility index (Phi) is 3.97. The second-order valence-corrected chi connectivity index (χ2v) is 3.18. The van der Waals surface area contributed by atoms with Gasteiger partial charge in [-0.1, -0.05) is 0 Å². The molecule has 2 unspecified atom stereocenters. The maximum absolute atomic E-state index is 9.14. The minimum atomic E-state index is -0.580. The number of anilines is 1. The van der Waals surface area contributed by atoms with Crippen LogP contribution < -0.4 is 11.1 Å². The van der Waals surface area contributed by atoms with Gasteiger partial charge in [0.2, 0.25) is 0 Å². The van der Waals surface area contributed by atoms with Crippen LogP contribution in [-0.2, 0) is 0 Å². The molecule has 0 saturated heterocycles. The number of aliphatic hydroxyl groups excluding tert-OH is 1. The van der Waals surface area contributed by atoms with Gasteiger partial charge in [-0.3, -0.25) is 0 Å². The standard InChI is InChI=1S/C9H13N5O/c1-6(15)8(11)4-14-9-5-12-7(2-10)3-13-9/h3,5-6,8,15H,4,11H2,1H3,(H,13,14). The monoisotopic (exact) mass is 207 g/mol. The van der Waals surface area contributed by atoms with Gasteiger partial charge in [0.05, 0.1) is 18.5 Å². The van der Waals surface area contributed by atoms with Crippen molar-refractivity contribution in [1.29, 1.82) is 5.26 Å². The number of nitrogens with two attached hydrogens (primary N) is 1. The molecule has 6 nitrogen and oxygen atoms in total. The third kappa shape index (κ3) is 3.50. The van der Waals surface area contributed by atoms with Crippen molar-refractivity contribution in [3.63, 3.8) is 0 Å². The number of nitrogens with zero attached hydrogens (tertiary/aromatic N) is 3. The van der Waals surface area contributed by atoms with Gasteiger partial charge in [-0.15, -0.1) is 0 Å². The van der Waals surface area contributed by atoms with Crippen molar-refractivity contribution < 1.29 is 5.11 Å². The average Bonchev–Trinajstić information content (AvgIpc) is 2.26. The number of nitriles is 1. The van der Waals surface area contributed by atoms with Crippen molar-refractivity contribution in [2.24, 2.45) is 5.73 Å². The Bertz CT molecular complexity index is 343. The number of rotatable bonds is 4. The largest absolute Gasteiger partial charge is 0.392 e. The molecule has 80 valence electrons. The molecule has 0 amide bonds. The maximum Gasteiger partial charge on any atom is 0.158 e. The van der Waals surface area contributed by atoms with Crippen molar-refractivity contribution in [1.82, 2.24) is 9.97 Å². The van der Waals surface area contributed by atoms with Gasteiger partial charge < -0.3 is 16.2 Å². The predicted octanol–water partition coefficient (Wildman–Crippen LogP) is -0.532. The fraction of sp³-hybridized carbons (Fsp3) is 0.444. The summed E-state index contributed by atoms with van der Waals surface area (Å²) in [5, 5.41) is 20.5. The zero-order chi connectivity index (χ0) is 11.3. The van der Waals surface area contributed by atoms with Gasteiger partial charge in [-0.05, 0) is 6.92 Å². The first-order valence-corrected chi connectivity index (χ1v) is 4.53. The van der Waals surface area contributed by atoms with E-state index in [9.17, 15) is 0 Å². The first-order valence-electron chi connectivity index (χ1n) is 4.53. The van der Waals surface area contributed by atoms with E-state index in [4.69, 9.17) is 16.1 Å². The number of hydrogen-bond donors (Lipinski definition) is 3. The van der Waals surface area contributed by atoms with Gasteiger partial charge in [0.15, 0.2) is 5.69 Å². The van der Waals surface area contributed by atoms with Crippen LogP contribution in [0.15, 0.2) is 12.4 Å². The van der Waals surface area contributed by atoms with E-state index in [0.717, 1.165) is 0 Å². The maximum atomic E-state index is 9.14. The summed E-state index contributed by atoms with van der Waals surface area (Å²) >= 11 is 0. The Labute approximate surface area is 87.8 Å². The first-order chi connectivity index (χ1) is 7.13. The van der Waals surface area contributed by atoms with Gasteiger partial charge in [0.25, 0.3) is 0 Å². The van der Waals surface area contributed by atoms with E-state index in [2.05, 4.69) is 15.3 Å². The Balaban J connectivity index is 2.48. The highest BCUT2D eigenvalue weighted by atomic mass is 16.3. The summed E-state index contributed by atoms with van der Waals surface area (Å²) < 4.78 is 0. The molecule has 0 aliphatic heterocycles. The van der Waals surface area contributed by atoms with E-state index in [1.54, 1.807) is 6.92 Å². The first kappa shape index (κ1) is 11.4. The molecule has 1 aromatic heterocycles. The highest BCUT2D eigenvalue weighted by Gasteiger charge is 2.08. The van der Waals surface area contributed by atoms with E-state index in [1.165, 1.54) is 12.4 Å². The second kappa shape index (κ2) is 5.24. The summed E-state index contributed by atoms with van der Waals surface area (Å²) in [7, 11) is 0. The highest BCUT2D eigenvalue weighted by molar-refractivity contribution is 5.33. The second-order valence-electron chi connectivity index (χ2n) is 3.18. The third-order valence-electron chi connectivity index (χ3n) is 1.90. The third-order valence-corrected chi connectivity index (χ3v) is 1.90. The molecule has 0 bridgehead atoms. The fourth-order valence-corrected chi connectivity index (χ4v) is 0.870. The lowest BCUT2D eigenvalue weighted by Crippen LogP contribution is -2.38. The van der Waals surface area contributed by atoms with E-state index in [0.29, 0.717) is 12.4 Å². The van der Waals surface area contributed by atoms with Crippen LogP contribution in [0.1, 0.15) is 12.6 Å². The van der Waals surface area contributed by atoms with Crippen LogP contribution in [0.5, 0.6) is 0 Å². The summed E-state index contributed by atoms with van der Waals surface area (Å²) in [6.07, 6.45) is 2.24. The number of aliphatic hydroxyl groups is 1. The fourth-order valence-electron chi connectivity index (χ4n) is 0.870. The smallest absolute Gasteiger partial charge is 0.158 e. The molecule has 0 aromatic carbocycles. The lowest BCUT2D eigenvalue weighted by atomic mass is 10.2. The van der Waals surface area contributed by atoms with Crippen LogP contribution in [0.2, 0.25) is 0 Å². The van der Waals surface area contributed by atoms with Gasteiger partial charge in [-0.2, -0.15) is 5.26 Å². The van der Waals surface area contributed by atoms with E-state index < -0.39 is 6.10 Å². The zero-order valence-electron chi connectivity index (χ0n) is 8.38. The van der Waals surface area contributed by atoms with Crippen LogP contribution in [0.3, 0.4) is 0 Å². The topological polar surface area (TPSA) is 108 Å². The van der Waals surface area contributed by atoms with Crippen molar-refractivity contribution in [2.75, 3.05) is 11.9 Å². The number of aromatic nitrogens is 2. The van der Waals surface area contributed by atoms with Crippen molar-refractivity contribution in [3.8, 4) is 6.07 Å². The Hall–Kier alpha value is -1.71. The molecule has 0 spiro atoms. The van der Waals surface area contributed by atoms with Crippen LogP contribution >= 0.6 is 0 Å². The van der Waals surface area contributed by atoms with Crippen LogP contribution in [-0.4, -0.2) is 33.8 Å². The van der Waals surface area contributed by atoms with Gasteiger partial charge in [-0.25, -0.2) is 9.97 Å². The number of nitrogens with one attached hydrogen (secondary N) is 1. The molecule has 4 N–H and O–H groups in total. The van der Waals surface area contributed by atoms with Crippen LogP contribution in [0, 0.1) is 11.3 Å². The average molecular weight is 207 g/mol. The Morgan fingerprint density at radius 1 is 1.60 bits per heavy atom. The van der Waals surface area contributed by atoms with E-state index in [-0.39, 0.29) is 11.7 Å². The number of hydrogen-bond acceptors (Lipinski definition) is 6. The molecule has 2 atom stereocenters. The van der Waals surface area contributed by atoms with Gasteiger partial charge in [0.1, 0.15) is 11.9 Å². The molecule has 0 radical (unpaired) electrons. The Morgan fingerprint density at radius 3 is 2.80 bits per heavy atom. The van der Waals surface area contributed by atoms with Gasteiger partial charge in [0, 0.05) is 12.6 Å². The highest BCUT2D eigenvalue weighted by Crippen LogP contribution is 2.00. The summed E-state index contributed by atoms with van der Waals surface area (Å²) in [6, 6.07) is 1.51. The molecule has 1 rings (SSSR count).